The molecular weight excluding hydrogens is 332 g/mol. The number of methoxy groups -OCH3 is 1. The second-order valence-corrected chi connectivity index (χ2v) is 8.90. The Labute approximate surface area is 135 Å². The zero-order valence-corrected chi connectivity index (χ0v) is 14.4. The van der Waals surface area contributed by atoms with E-state index in [1.165, 1.54) is 0 Å². The maximum absolute atomic E-state index is 12.1. The van der Waals surface area contributed by atoms with Gasteiger partial charge in [0.1, 0.15) is 4.21 Å². The number of sulfonamides is 1. The number of hydrogen-bond acceptors (Lipinski definition) is 5. The van der Waals surface area contributed by atoms with Crippen molar-refractivity contribution in [3.05, 3.63) is 16.5 Å². The van der Waals surface area contributed by atoms with Crippen molar-refractivity contribution in [2.24, 2.45) is 5.92 Å². The maximum Gasteiger partial charge on any atom is 0.250 e. The molecule has 21 heavy (non-hydrogen) atoms. The molecule has 0 bridgehead atoms. The predicted octanol–water partition coefficient (Wildman–Crippen LogP) is 2.04. The molecule has 0 atom stereocenters. The van der Waals surface area contributed by atoms with Crippen molar-refractivity contribution >= 4 is 33.0 Å². The van der Waals surface area contributed by atoms with Gasteiger partial charge in [-0.2, -0.15) is 0 Å². The normalized spacial score (nSPS) is 18.2. The number of nitrogens with zero attached hydrogens (tertiary/aromatic N) is 1. The molecule has 0 spiro atoms. The predicted molar refractivity (Wildman–Crippen MR) is 85.6 cm³/mol. The molecule has 5 nitrogen and oxygen atoms in total. The second-order valence-electron chi connectivity index (χ2n) is 5.19. The molecule has 2 rings (SSSR count). The molecule has 8 heteroatoms. The number of thiophene rings is 1. The van der Waals surface area contributed by atoms with Crippen LogP contribution >= 0.6 is 22.9 Å². The minimum absolute atomic E-state index is 0.282. The molecule has 1 N–H and O–H groups in total. The van der Waals surface area contributed by atoms with E-state index in [9.17, 15) is 8.42 Å². The Hall–Kier alpha value is -0.180. The summed E-state index contributed by atoms with van der Waals surface area (Å²) in [5.74, 6) is 0.397. The van der Waals surface area contributed by atoms with Gasteiger partial charge in [0.05, 0.1) is 10.9 Å². The molecule has 1 aromatic heterocycles. The van der Waals surface area contributed by atoms with E-state index in [4.69, 9.17) is 16.3 Å². The third kappa shape index (κ3) is 5.19. The van der Waals surface area contributed by atoms with Crippen LogP contribution in [0.5, 0.6) is 0 Å². The Balaban J connectivity index is 1.77. The minimum Gasteiger partial charge on any atom is -0.383 e. The van der Waals surface area contributed by atoms with Crippen LogP contribution < -0.4 is 4.72 Å². The van der Waals surface area contributed by atoms with Gasteiger partial charge in [-0.3, -0.25) is 0 Å². The van der Waals surface area contributed by atoms with Crippen molar-refractivity contribution in [2.45, 2.75) is 17.1 Å². The Morgan fingerprint density at radius 1 is 1.43 bits per heavy atom. The van der Waals surface area contributed by atoms with E-state index in [2.05, 4.69) is 9.62 Å². The van der Waals surface area contributed by atoms with Crippen LogP contribution in [0.3, 0.4) is 0 Å². The number of piperidine rings is 1. The highest BCUT2D eigenvalue weighted by Crippen LogP contribution is 2.25. The first kappa shape index (κ1) is 17.2. The van der Waals surface area contributed by atoms with Gasteiger partial charge in [0.15, 0.2) is 0 Å². The lowest BCUT2D eigenvalue weighted by Crippen LogP contribution is -2.39. The third-order valence-corrected chi connectivity index (χ3v) is 6.84. The molecule has 1 fully saturated rings. The summed E-state index contributed by atoms with van der Waals surface area (Å²) in [6, 6.07) is 3.15. The number of rotatable bonds is 7. The zero-order chi connectivity index (χ0) is 15.3. The van der Waals surface area contributed by atoms with Crippen molar-refractivity contribution in [1.29, 1.82) is 0 Å². The van der Waals surface area contributed by atoms with Gasteiger partial charge in [0, 0.05) is 20.2 Å². The largest absolute Gasteiger partial charge is 0.383 e. The fourth-order valence-corrected chi connectivity index (χ4v) is 5.02. The maximum atomic E-state index is 12.1. The quantitative estimate of drug-likeness (QED) is 0.815. The van der Waals surface area contributed by atoms with Gasteiger partial charge in [0.25, 0.3) is 0 Å². The van der Waals surface area contributed by atoms with E-state index >= 15 is 0 Å². The van der Waals surface area contributed by atoms with Gasteiger partial charge in [0.2, 0.25) is 10.0 Å². The molecule has 120 valence electrons. The highest BCUT2D eigenvalue weighted by atomic mass is 35.5. The van der Waals surface area contributed by atoms with E-state index < -0.39 is 10.0 Å². The fraction of sp³-hybridized carbons (Fsp3) is 0.692. The highest BCUT2D eigenvalue weighted by Gasteiger charge is 2.22. The standard InChI is InChI=1S/C13H21ClN2O3S2/c1-19-9-8-16-6-4-11(5-7-16)10-15-21(17,18)13-3-2-12(14)20-13/h2-3,11,15H,4-10H2,1H3. The van der Waals surface area contributed by atoms with Crippen molar-refractivity contribution in [2.75, 3.05) is 39.9 Å². The Bertz CT molecular complexity index is 539. The Morgan fingerprint density at radius 2 is 2.14 bits per heavy atom. The zero-order valence-electron chi connectivity index (χ0n) is 12.0. The average Bonchev–Trinajstić information content (AvgIpc) is 2.91. The molecule has 0 saturated carbocycles. The summed E-state index contributed by atoms with van der Waals surface area (Å²) in [5, 5.41) is 0. The number of halogens is 1. The van der Waals surface area contributed by atoms with Crippen LogP contribution in [-0.4, -0.2) is 53.2 Å². The molecule has 0 unspecified atom stereocenters. The highest BCUT2D eigenvalue weighted by molar-refractivity contribution is 7.91. The first-order valence-electron chi connectivity index (χ1n) is 6.97. The molecular formula is C13H21ClN2O3S2. The molecule has 2 heterocycles. The van der Waals surface area contributed by atoms with E-state index in [-0.39, 0.29) is 4.21 Å². The summed E-state index contributed by atoms with van der Waals surface area (Å²) in [4.78, 5) is 2.35. The molecule has 0 amide bonds. The molecule has 1 aliphatic heterocycles. The third-order valence-electron chi connectivity index (χ3n) is 3.69. The summed E-state index contributed by atoms with van der Waals surface area (Å²) < 4.78 is 32.8. The molecule has 0 aliphatic carbocycles. The van der Waals surface area contributed by atoms with Crippen molar-refractivity contribution in [1.82, 2.24) is 9.62 Å². The van der Waals surface area contributed by atoms with Gasteiger partial charge >= 0.3 is 0 Å². The van der Waals surface area contributed by atoms with Crippen molar-refractivity contribution in [3.8, 4) is 0 Å². The number of ether oxygens (including phenoxy) is 1. The second kappa shape index (κ2) is 7.89. The van der Waals surface area contributed by atoms with Gasteiger partial charge in [-0.15, -0.1) is 11.3 Å². The van der Waals surface area contributed by atoms with Gasteiger partial charge < -0.3 is 9.64 Å². The van der Waals surface area contributed by atoms with Gasteiger partial charge in [-0.25, -0.2) is 13.1 Å². The SMILES string of the molecule is COCCN1CCC(CNS(=O)(=O)c2ccc(Cl)s2)CC1. The van der Waals surface area contributed by atoms with E-state index in [0.717, 1.165) is 50.4 Å². The number of likely N-dealkylation sites (tertiary alicyclic amines) is 1. The molecule has 1 saturated heterocycles. The molecule has 1 aromatic rings. The number of hydrogen-bond donors (Lipinski definition) is 1. The lowest BCUT2D eigenvalue weighted by molar-refractivity contribution is 0.121. The first-order chi connectivity index (χ1) is 10.0. The van der Waals surface area contributed by atoms with Crippen LogP contribution in [0.4, 0.5) is 0 Å². The van der Waals surface area contributed by atoms with Crippen molar-refractivity contribution < 1.29 is 13.2 Å². The van der Waals surface area contributed by atoms with Crippen LogP contribution in [0.1, 0.15) is 12.8 Å². The molecule has 0 radical (unpaired) electrons. The summed E-state index contributed by atoms with van der Waals surface area (Å²) in [5.41, 5.74) is 0. The van der Waals surface area contributed by atoms with Gasteiger partial charge in [-0.1, -0.05) is 11.6 Å². The van der Waals surface area contributed by atoms with Crippen LogP contribution in [0.25, 0.3) is 0 Å². The topological polar surface area (TPSA) is 58.6 Å². The summed E-state index contributed by atoms with van der Waals surface area (Å²) in [6.45, 7) is 4.19. The summed E-state index contributed by atoms with van der Waals surface area (Å²) in [7, 11) is -1.71. The molecule has 0 aromatic carbocycles. The van der Waals surface area contributed by atoms with Crippen molar-refractivity contribution in [3.63, 3.8) is 0 Å². The summed E-state index contributed by atoms with van der Waals surface area (Å²) in [6.07, 6.45) is 2.02. The van der Waals surface area contributed by atoms with Gasteiger partial charge in [-0.05, 0) is 44.0 Å². The molecule has 1 aliphatic rings. The minimum atomic E-state index is -3.42. The van der Waals surface area contributed by atoms with E-state index in [0.29, 0.717) is 16.8 Å². The average molecular weight is 353 g/mol. The fourth-order valence-electron chi connectivity index (χ4n) is 2.38. The first-order valence-corrected chi connectivity index (χ1v) is 9.65. The monoisotopic (exact) mass is 352 g/mol. The van der Waals surface area contributed by atoms with E-state index in [1.54, 1.807) is 19.2 Å². The Kier molecular flexibility index (Phi) is 6.46. The number of nitrogens with one attached hydrogen (secondary N) is 1. The van der Waals surface area contributed by atoms with Crippen LogP contribution in [0, 0.1) is 5.92 Å². The van der Waals surface area contributed by atoms with E-state index in [1.807, 2.05) is 0 Å². The summed E-state index contributed by atoms with van der Waals surface area (Å²) >= 11 is 6.87. The Morgan fingerprint density at radius 3 is 2.71 bits per heavy atom. The lowest BCUT2D eigenvalue weighted by atomic mass is 9.97. The van der Waals surface area contributed by atoms with Crippen LogP contribution in [-0.2, 0) is 14.8 Å². The lowest BCUT2D eigenvalue weighted by Gasteiger charge is -2.31. The van der Waals surface area contributed by atoms with Crippen LogP contribution in [0.2, 0.25) is 4.34 Å². The smallest absolute Gasteiger partial charge is 0.250 e. The van der Waals surface area contributed by atoms with Crippen LogP contribution in [0.15, 0.2) is 16.3 Å².